The van der Waals surface area contributed by atoms with Crippen LogP contribution in [0.15, 0.2) is 30.6 Å². The molecule has 2 heterocycles. The first-order valence-electron chi connectivity index (χ1n) is 9.35. The summed E-state index contributed by atoms with van der Waals surface area (Å²) < 4.78 is 10.6. The zero-order valence-corrected chi connectivity index (χ0v) is 15.7. The third-order valence-corrected chi connectivity index (χ3v) is 4.75. The van der Waals surface area contributed by atoms with E-state index >= 15 is 0 Å². The predicted molar refractivity (Wildman–Crippen MR) is 99.9 cm³/mol. The summed E-state index contributed by atoms with van der Waals surface area (Å²) in [6.07, 6.45) is 5.24. The number of nitrogens with one attached hydrogen (secondary N) is 1. The van der Waals surface area contributed by atoms with Gasteiger partial charge >= 0.3 is 0 Å². The number of fused-ring (bicyclic) bond motifs is 1. The fourth-order valence-corrected chi connectivity index (χ4v) is 3.05. The first kappa shape index (κ1) is 18.2. The van der Waals surface area contributed by atoms with Gasteiger partial charge in [-0.2, -0.15) is 0 Å². The van der Waals surface area contributed by atoms with Crippen LogP contribution < -0.4 is 14.8 Å². The molecule has 0 spiro atoms. The van der Waals surface area contributed by atoms with Gasteiger partial charge in [0.15, 0.2) is 11.5 Å². The van der Waals surface area contributed by atoms with Crippen molar-refractivity contribution in [1.82, 2.24) is 20.2 Å². The summed E-state index contributed by atoms with van der Waals surface area (Å²) in [5.41, 5.74) is 2.01. The molecular weight excluding hydrogens is 360 g/mol. The Kier molecular flexibility index (Phi) is 5.10. The van der Waals surface area contributed by atoms with Gasteiger partial charge in [-0.05, 0) is 37.5 Å². The van der Waals surface area contributed by atoms with Crippen molar-refractivity contribution in [3.63, 3.8) is 0 Å². The van der Waals surface area contributed by atoms with E-state index in [1.165, 1.54) is 6.20 Å². The molecule has 1 aromatic heterocycles. The Hall–Kier alpha value is -3.16. The number of hydrogen-bond donors (Lipinski definition) is 1. The van der Waals surface area contributed by atoms with E-state index in [0.717, 1.165) is 24.1 Å². The lowest BCUT2D eigenvalue weighted by atomic mass is 10.2. The van der Waals surface area contributed by atoms with Gasteiger partial charge < -0.3 is 19.7 Å². The molecule has 1 fully saturated rings. The fraction of sp³-hybridized carbons (Fsp3) is 0.400. The Morgan fingerprint density at radius 3 is 2.75 bits per heavy atom. The Labute approximate surface area is 162 Å². The van der Waals surface area contributed by atoms with Crippen LogP contribution in [0.25, 0.3) is 0 Å². The third kappa shape index (κ3) is 4.21. The monoisotopic (exact) mass is 382 g/mol. The Bertz CT molecular complexity index is 880. The molecule has 1 aliphatic heterocycles. The van der Waals surface area contributed by atoms with Gasteiger partial charge in [0, 0.05) is 31.7 Å². The van der Waals surface area contributed by atoms with Crippen LogP contribution in [-0.4, -0.2) is 46.1 Å². The Morgan fingerprint density at radius 1 is 1.18 bits per heavy atom. The summed E-state index contributed by atoms with van der Waals surface area (Å²) in [5.74, 6) is 1.13. The van der Waals surface area contributed by atoms with E-state index < -0.39 is 0 Å². The van der Waals surface area contributed by atoms with Gasteiger partial charge in [0.25, 0.3) is 5.91 Å². The van der Waals surface area contributed by atoms with Crippen molar-refractivity contribution in [3.05, 3.63) is 47.5 Å². The van der Waals surface area contributed by atoms with Crippen molar-refractivity contribution < 1.29 is 19.1 Å². The lowest BCUT2D eigenvalue weighted by Gasteiger charge is -2.21. The van der Waals surface area contributed by atoms with Gasteiger partial charge in [-0.3, -0.25) is 14.6 Å². The minimum atomic E-state index is -0.168. The van der Waals surface area contributed by atoms with Crippen LogP contribution in [0.4, 0.5) is 0 Å². The van der Waals surface area contributed by atoms with Gasteiger partial charge in [-0.1, -0.05) is 6.07 Å². The molecule has 0 radical (unpaired) electrons. The van der Waals surface area contributed by atoms with Crippen LogP contribution >= 0.6 is 0 Å². The molecular formula is C20H22N4O4. The standard InChI is InChI=1S/C20H22N4O4/c1-13-9-22-16(11-21-13)20(26)24(15-3-4-15)7-6-19(25)23-10-14-2-5-17-18(8-14)28-12-27-17/h2,5,8-9,11,15H,3-4,6-7,10,12H2,1H3,(H,23,25). The minimum Gasteiger partial charge on any atom is -0.454 e. The van der Waals surface area contributed by atoms with Crippen molar-refractivity contribution in [1.29, 1.82) is 0 Å². The molecule has 2 amide bonds. The first-order valence-corrected chi connectivity index (χ1v) is 9.35. The van der Waals surface area contributed by atoms with E-state index in [1.54, 1.807) is 11.1 Å². The molecule has 0 saturated heterocycles. The summed E-state index contributed by atoms with van der Waals surface area (Å²) in [5, 5.41) is 2.89. The molecule has 0 unspecified atom stereocenters. The smallest absolute Gasteiger partial charge is 0.274 e. The van der Waals surface area contributed by atoms with Gasteiger partial charge in [-0.25, -0.2) is 4.98 Å². The Balaban J connectivity index is 1.30. The number of nitrogens with zero attached hydrogens (tertiary/aromatic N) is 3. The molecule has 28 heavy (non-hydrogen) atoms. The van der Waals surface area contributed by atoms with Gasteiger partial charge in [0.2, 0.25) is 12.7 Å². The third-order valence-electron chi connectivity index (χ3n) is 4.75. The van der Waals surface area contributed by atoms with E-state index in [9.17, 15) is 9.59 Å². The number of hydrogen-bond acceptors (Lipinski definition) is 6. The van der Waals surface area contributed by atoms with Crippen LogP contribution in [0.1, 0.15) is 41.0 Å². The number of aryl methyl sites for hydroxylation is 1. The number of amides is 2. The zero-order chi connectivity index (χ0) is 19.5. The highest BCUT2D eigenvalue weighted by Crippen LogP contribution is 2.32. The maximum atomic E-state index is 12.7. The molecule has 0 bridgehead atoms. The lowest BCUT2D eigenvalue weighted by Crippen LogP contribution is -2.37. The second kappa shape index (κ2) is 7.84. The van der Waals surface area contributed by atoms with Gasteiger partial charge in [0.05, 0.1) is 11.9 Å². The predicted octanol–water partition coefficient (Wildman–Crippen LogP) is 1.82. The summed E-state index contributed by atoms with van der Waals surface area (Å²) in [6, 6.07) is 5.78. The summed E-state index contributed by atoms with van der Waals surface area (Å²) in [6.45, 7) is 2.81. The maximum absolute atomic E-state index is 12.7. The molecule has 2 aliphatic rings. The van der Waals surface area contributed by atoms with Gasteiger partial charge in [0.1, 0.15) is 5.69 Å². The van der Waals surface area contributed by atoms with Crippen LogP contribution in [0.3, 0.4) is 0 Å². The Morgan fingerprint density at radius 2 is 2.00 bits per heavy atom. The highest BCUT2D eigenvalue weighted by molar-refractivity contribution is 5.92. The molecule has 146 valence electrons. The van der Waals surface area contributed by atoms with Crippen LogP contribution in [0.5, 0.6) is 11.5 Å². The summed E-state index contributed by atoms with van der Waals surface area (Å²) in [4.78, 5) is 35.0. The molecule has 4 rings (SSSR count). The number of benzene rings is 1. The van der Waals surface area contributed by atoms with Crippen molar-refractivity contribution in [2.24, 2.45) is 0 Å². The highest BCUT2D eigenvalue weighted by atomic mass is 16.7. The lowest BCUT2D eigenvalue weighted by molar-refractivity contribution is -0.121. The first-order chi connectivity index (χ1) is 13.6. The number of rotatable bonds is 7. The number of carbonyl (C=O) groups excluding carboxylic acids is 2. The number of aromatic nitrogens is 2. The highest BCUT2D eigenvalue weighted by Gasteiger charge is 2.33. The number of carbonyl (C=O) groups is 2. The maximum Gasteiger partial charge on any atom is 0.274 e. The molecule has 1 aromatic carbocycles. The van der Waals surface area contributed by atoms with Crippen molar-refractivity contribution in [2.45, 2.75) is 38.8 Å². The normalized spacial score (nSPS) is 14.6. The number of ether oxygens (including phenoxy) is 2. The molecule has 1 N–H and O–H groups in total. The minimum absolute atomic E-state index is 0.105. The molecule has 1 aliphatic carbocycles. The van der Waals surface area contributed by atoms with Crippen molar-refractivity contribution in [3.8, 4) is 11.5 Å². The SMILES string of the molecule is Cc1cnc(C(=O)N(CCC(=O)NCc2ccc3c(c2)OCO3)C2CC2)cn1. The topological polar surface area (TPSA) is 93.7 Å². The molecule has 0 atom stereocenters. The van der Waals surface area contributed by atoms with Crippen LogP contribution in [-0.2, 0) is 11.3 Å². The summed E-state index contributed by atoms with van der Waals surface area (Å²) >= 11 is 0. The average molecular weight is 382 g/mol. The average Bonchev–Trinajstić information content (AvgIpc) is 3.43. The van der Waals surface area contributed by atoms with E-state index in [-0.39, 0.29) is 31.1 Å². The second-order valence-corrected chi connectivity index (χ2v) is 6.99. The molecule has 1 saturated carbocycles. The van der Waals surface area contributed by atoms with Crippen molar-refractivity contribution in [2.75, 3.05) is 13.3 Å². The van der Waals surface area contributed by atoms with E-state index in [4.69, 9.17) is 9.47 Å². The quantitative estimate of drug-likeness (QED) is 0.785. The van der Waals surface area contributed by atoms with E-state index in [0.29, 0.717) is 30.3 Å². The van der Waals surface area contributed by atoms with E-state index in [1.807, 2.05) is 25.1 Å². The molecule has 2 aromatic rings. The zero-order valence-electron chi connectivity index (χ0n) is 15.7. The second-order valence-electron chi connectivity index (χ2n) is 6.99. The van der Waals surface area contributed by atoms with Crippen LogP contribution in [0.2, 0.25) is 0 Å². The van der Waals surface area contributed by atoms with Crippen molar-refractivity contribution >= 4 is 11.8 Å². The van der Waals surface area contributed by atoms with Gasteiger partial charge in [-0.15, -0.1) is 0 Å². The molecule has 8 nitrogen and oxygen atoms in total. The fourth-order valence-electron chi connectivity index (χ4n) is 3.05. The van der Waals surface area contributed by atoms with E-state index in [2.05, 4.69) is 15.3 Å². The molecule has 8 heteroatoms. The van der Waals surface area contributed by atoms with Crippen LogP contribution in [0, 0.1) is 6.92 Å². The summed E-state index contributed by atoms with van der Waals surface area (Å²) in [7, 11) is 0. The largest absolute Gasteiger partial charge is 0.454 e.